The molecule has 1 aliphatic carbocycles. The Morgan fingerprint density at radius 1 is 1.25 bits per heavy atom. The van der Waals surface area contributed by atoms with Crippen LogP contribution < -0.4 is 15.4 Å². The molecule has 0 spiro atoms. The lowest BCUT2D eigenvalue weighted by atomic mass is 10.2. The first-order valence-electron chi connectivity index (χ1n) is 7.09. The van der Waals surface area contributed by atoms with E-state index < -0.39 is 0 Å². The lowest BCUT2D eigenvalue weighted by Crippen LogP contribution is -2.43. The summed E-state index contributed by atoms with van der Waals surface area (Å²) in [5.41, 5.74) is 1.24. The van der Waals surface area contributed by atoms with Gasteiger partial charge in [0, 0.05) is 13.1 Å². The van der Waals surface area contributed by atoms with E-state index in [0.717, 1.165) is 31.1 Å². The molecule has 20 heavy (non-hydrogen) atoms. The van der Waals surface area contributed by atoms with Gasteiger partial charge in [-0.15, -0.1) is 0 Å². The largest absolute Gasteiger partial charge is 0.492 e. The van der Waals surface area contributed by atoms with Crippen molar-refractivity contribution in [1.29, 1.82) is 0 Å². The Labute approximate surface area is 120 Å². The summed E-state index contributed by atoms with van der Waals surface area (Å²) in [5, 5.41) is 6.66. The molecule has 1 aromatic carbocycles. The van der Waals surface area contributed by atoms with Crippen molar-refractivity contribution in [2.45, 2.75) is 25.8 Å². The minimum atomic E-state index is 0.471. The smallest absolute Gasteiger partial charge is 0.191 e. The lowest BCUT2D eigenvalue weighted by Gasteiger charge is -2.17. The Hall–Kier alpha value is -1.97. The standard InChI is InChI=1S/C16H23N3O/c1-13-7-9-15(10-8-13)20-12-11-18-16(17-2)19-14-5-3-4-6-14/h3-4,7-10,14H,5-6,11-12H2,1-2H3,(H2,17,18,19). The van der Waals surface area contributed by atoms with Gasteiger partial charge in [-0.25, -0.2) is 0 Å². The number of aliphatic imine (C=N–C) groups is 1. The van der Waals surface area contributed by atoms with Crippen molar-refractivity contribution in [2.75, 3.05) is 20.2 Å². The predicted octanol–water partition coefficient (Wildman–Crippen LogP) is 2.26. The Kier molecular flexibility index (Phi) is 5.47. The van der Waals surface area contributed by atoms with E-state index >= 15 is 0 Å². The van der Waals surface area contributed by atoms with E-state index in [1.54, 1.807) is 7.05 Å². The normalized spacial score (nSPS) is 15.4. The van der Waals surface area contributed by atoms with Crippen LogP contribution in [0.2, 0.25) is 0 Å². The summed E-state index contributed by atoms with van der Waals surface area (Å²) in [5.74, 6) is 1.74. The monoisotopic (exact) mass is 273 g/mol. The molecule has 0 radical (unpaired) electrons. The topological polar surface area (TPSA) is 45.7 Å². The van der Waals surface area contributed by atoms with Crippen LogP contribution in [0.1, 0.15) is 18.4 Å². The number of nitrogens with zero attached hydrogens (tertiary/aromatic N) is 1. The quantitative estimate of drug-likeness (QED) is 0.374. The van der Waals surface area contributed by atoms with Crippen molar-refractivity contribution in [3.05, 3.63) is 42.0 Å². The third kappa shape index (κ3) is 4.61. The predicted molar refractivity (Wildman–Crippen MR) is 83.3 cm³/mol. The van der Waals surface area contributed by atoms with E-state index in [9.17, 15) is 0 Å². The van der Waals surface area contributed by atoms with Gasteiger partial charge in [0.05, 0.1) is 6.54 Å². The molecule has 0 aromatic heterocycles. The van der Waals surface area contributed by atoms with Gasteiger partial charge in [-0.05, 0) is 31.9 Å². The second-order valence-electron chi connectivity index (χ2n) is 4.94. The molecule has 2 rings (SSSR count). The Morgan fingerprint density at radius 2 is 1.95 bits per heavy atom. The number of rotatable bonds is 5. The van der Waals surface area contributed by atoms with Gasteiger partial charge in [-0.1, -0.05) is 29.8 Å². The highest BCUT2D eigenvalue weighted by Crippen LogP contribution is 2.11. The first kappa shape index (κ1) is 14.4. The highest BCUT2D eigenvalue weighted by atomic mass is 16.5. The molecule has 0 bridgehead atoms. The highest BCUT2D eigenvalue weighted by Gasteiger charge is 2.11. The number of hydrogen-bond acceptors (Lipinski definition) is 2. The molecule has 4 heteroatoms. The van der Waals surface area contributed by atoms with Gasteiger partial charge in [0.2, 0.25) is 0 Å². The summed E-state index contributed by atoms with van der Waals surface area (Å²) in [6, 6.07) is 8.56. The van der Waals surface area contributed by atoms with Crippen LogP contribution in [0.4, 0.5) is 0 Å². The summed E-state index contributed by atoms with van der Waals surface area (Å²) in [4.78, 5) is 4.22. The van der Waals surface area contributed by atoms with E-state index in [2.05, 4.69) is 46.8 Å². The molecule has 4 nitrogen and oxygen atoms in total. The molecule has 0 atom stereocenters. The van der Waals surface area contributed by atoms with Crippen molar-refractivity contribution < 1.29 is 4.74 Å². The van der Waals surface area contributed by atoms with Gasteiger partial charge >= 0.3 is 0 Å². The number of hydrogen-bond donors (Lipinski definition) is 2. The number of nitrogens with one attached hydrogen (secondary N) is 2. The van der Waals surface area contributed by atoms with E-state index in [4.69, 9.17) is 4.74 Å². The molecule has 2 N–H and O–H groups in total. The molecule has 0 saturated carbocycles. The molecule has 0 amide bonds. The maximum Gasteiger partial charge on any atom is 0.191 e. The van der Waals surface area contributed by atoms with E-state index in [1.807, 2.05) is 12.1 Å². The minimum Gasteiger partial charge on any atom is -0.492 e. The third-order valence-corrected chi connectivity index (χ3v) is 3.26. The Morgan fingerprint density at radius 3 is 2.60 bits per heavy atom. The number of benzene rings is 1. The van der Waals surface area contributed by atoms with E-state index in [1.165, 1.54) is 5.56 Å². The van der Waals surface area contributed by atoms with Crippen LogP contribution in [-0.4, -0.2) is 32.2 Å². The van der Waals surface area contributed by atoms with E-state index in [0.29, 0.717) is 12.6 Å². The second-order valence-corrected chi connectivity index (χ2v) is 4.94. The zero-order valence-electron chi connectivity index (χ0n) is 12.2. The van der Waals surface area contributed by atoms with Crippen molar-refractivity contribution in [3.8, 4) is 5.75 Å². The number of ether oxygens (including phenoxy) is 1. The molecule has 108 valence electrons. The number of guanidine groups is 1. The number of aryl methyl sites for hydroxylation is 1. The fourth-order valence-corrected chi connectivity index (χ4v) is 2.10. The lowest BCUT2D eigenvalue weighted by molar-refractivity contribution is 0.321. The van der Waals surface area contributed by atoms with Crippen molar-refractivity contribution >= 4 is 5.96 Å². The zero-order chi connectivity index (χ0) is 14.2. The molecular formula is C16H23N3O. The zero-order valence-corrected chi connectivity index (χ0v) is 12.2. The van der Waals surface area contributed by atoms with Gasteiger partial charge in [0.15, 0.2) is 5.96 Å². The molecule has 1 aliphatic rings. The Bertz CT molecular complexity index is 457. The molecule has 0 heterocycles. The summed E-state index contributed by atoms with van der Waals surface area (Å²) < 4.78 is 5.67. The average molecular weight is 273 g/mol. The van der Waals surface area contributed by atoms with Crippen LogP contribution >= 0.6 is 0 Å². The van der Waals surface area contributed by atoms with Gasteiger partial charge < -0.3 is 15.4 Å². The molecule has 1 aromatic rings. The average Bonchev–Trinajstić information content (AvgIpc) is 2.97. The molecule has 0 saturated heterocycles. The maximum absolute atomic E-state index is 5.67. The fraction of sp³-hybridized carbons (Fsp3) is 0.438. The van der Waals surface area contributed by atoms with Gasteiger partial charge in [0.25, 0.3) is 0 Å². The first-order valence-corrected chi connectivity index (χ1v) is 7.09. The summed E-state index contributed by atoms with van der Waals surface area (Å²) in [7, 11) is 1.79. The van der Waals surface area contributed by atoms with Crippen LogP contribution in [0.25, 0.3) is 0 Å². The second kappa shape index (κ2) is 7.58. The molecular weight excluding hydrogens is 250 g/mol. The van der Waals surface area contributed by atoms with Gasteiger partial charge in [-0.3, -0.25) is 4.99 Å². The van der Waals surface area contributed by atoms with Crippen molar-refractivity contribution in [2.24, 2.45) is 4.99 Å². The molecule has 0 unspecified atom stereocenters. The van der Waals surface area contributed by atoms with Crippen LogP contribution in [0, 0.1) is 6.92 Å². The van der Waals surface area contributed by atoms with Crippen LogP contribution in [0.15, 0.2) is 41.4 Å². The van der Waals surface area contributed by atoms with Gasteiger partial charge in [0.1, 0.15) is 12.4 Å². The minimum absolute atomic E-state index is 0.471. The van der Waals surface area contributed by atoms with Gasteiger partial charge in [-0.2, -0.15) is 0 Å². The summed E-state index contributed by atoms with van der Waals surface area (Å²) >= 11 is 0. The fourth-order valence-electron chi connectivity index (χ4n) is 2.10. The first-order chi connectivity index (χ1) is 9.78. The van der Waals surface area contributed by atoms with Crippen LogP contribution in [0.3, 0.4) is 0 Å². The SMILES string of the molecule is CN=C(NCCOc1ccc(C)cc1)NC1CC=CC1. The Balaban J connectivity index is 1.65. The summed E-state index contributed by atoms with van der Waals surface area (Å²) in [6.07, 6.45) is 6.54. The maximum atomic E-state index is 5.67. The van der Waals surface area contributed by atoms with Crippen LogP contribution in [-0.2, 0) is 0 Å². The molecule has 0 fully saturated rings. The van der Waals surface area contributed by atoms with Crippen molar-refractivity contribution in [3.63, 3.8) is 0 Å². The molecule has 0 aliphatic heterocycles. The highest BCUT2D eigenvalue weighted by molar-refractivity contribution is 5.80. The third-order valence-electron chi connectivity index (χ3n) is 3.26. The summed E-state index contributed by atoms with van der Waals surface area (Å²) in [6.45, 7) is 3.42. The van der Waals surface area contributed by atoms with Crippen LogP contribution in [0.5, 0.6) is 5.75 Å². The van der Waals surface area contributed by atoms with Crippen molar-refractivity contribution in [1.82, 2.24) is 10.6 Å². The van der Waals surface area contributed by atoms with E-state index in [-0.39, 0.29) is 0 Å².